The highest BCUT2D eigenvalue weighted by atomic mass is 35.5. The van der Waals surface area contributed by atoms with Crippen LogP contribution >= 0.6 is 11.6 Å². The molecule has 6 heteroatoms. The minimum Gasteiger partial charge on any atom is -0.378 e. The Kier molecular flexibility index (Phi) is 5.04. The Hall–Kier alpha value is -2.40. The van der Waals surface area contributed by atoms with E-state index < -0.39 is 0 Å². The van der Waals surface area contributed by atoms with Crippen molar-refractivity contribution < 1.29 is 9.18 Å². The number of halogens is 2. The second-order valence-corrected chi connectivity index (χ2v) is 6.54. The van der Waals surface area contributed by atoms with Gasteiger partial charge in [0.2, 0.25) is 5.91 Å². The van der Waals surface area contributed by atoms with Crippen molar-refractivity contribution in [2.24, 2.45) is 4.99 Å². The molecule has 0 aromatic heterocycles. The first-order valence-corrected chi connectivity index (χ1v) is 8.41. The number of benzodiazepines with no additional fused rings is 1. The fourth-order valence-electron chi connectivity index (χ4n) is 2.84. The molecule has 1 aliphatic heterocycles. The summed E-state index contributed by atoms with van der Waals surface area (Å²) in [5.41, 5.74) is 2.58. The molecule has 0 saturated carbocycles. The van der Waals surface area contributed by atoms with Crippen molar-refractivity contribution in [2.45, 2.75) is 13.0 Å². The smallest absolute Gasteiger partial charge is 0.219 e. The van der Waals surface area contributed by atoms with Crippen LogP contribution in [0.2, 0.25) is 5.02 Å². The zero-order chi connectivity index (χ0) is 18.0. The third kappa shape index (κ3) is 3.82. The summed E-state index contributed by atoms with van der Waals surface area (Å²) in [7, 11) is 1.75. The van der Waals surface area contributed by atoms with E-state index in [1.807, 2.05) is 6.07 Å². The number of benzene rings is 2. The Labute approximate surface area is 151 Å². The lowest BCUT2D eigenvalue weighted by molar-refractivity contribution is -0.127. The molecule has 0 saturated heterocycles. The largest absolute Gasteiger partial charge is 0.378 e. The molecular formula is C19H19ClFN3O. The standard InChI is InChI=1S/C19H19ClFN3O/c1-12(25)24(2)11-14-10-22-19(15-5-3-4-6-17(15)21)16-9-13(20)7-8-18(16)23-14/h3-9,14,23H,10-11H2,1-2H3. The van der Waals surface area contributed by atoms with E-state index in [9.17, 15) is 9.18 Å². The Balaban J connectivity index is 2.03. The first kappa shape index (κ1) is 17.4. The van der Waals surface area contributed by atoms with Crippen LogP contribution in [0.4, 0.5) is 10.1 Å². The van der Waals surface area contributed by atoms with Gasteiger partial charge in [-0.05, 0) is 30.3 Å². The van der Waals surface area contributed by atoms with Crippen LogP contribution in [0, 0.1) is 5.82 Å². The van der Waals surface area contributed by atoms with Gasteiger partial charge in [-0.3, -0.25) is 9.79 Å². The van der Waals surface area contributed by atoms with Crippen LogP contribution in [0.3, 0.4) is 0 Å². The number of hydrogen-bond acceptors (Lipinski definition) is 3. The molecule has 25 heavy (non-hydrogen) atoms. The minimum absolute atomic E-state index is 0.0133. The highest BCUT2D eigenvalue weighted by molar-refractivity contribution is 6.31. The van der Waals surface area contributed by atoms with E-state index in [0.29, 0.717) is 29.4 Å². The summed E-state index contributed by atoms with van der Waals surface area (Å²) >= 11 is 6.16. The fraction of sp³-hybridized carbons (Fsp3) is 0.263. The molecule has 2 aromatic rings. The molecule has 0 fully saturated rings. The molecule has 1 N–H and O–H groups in total. The number of hydrogen-bond donors (Lipinski definition) is 1. The Morgan fingerprint density at radius 3 is 2.80 bits per heavy atom. The lowest BCUT2D eigenvalue weighted by Gasteiger charge is -2.23. The molecule has 130 valence electrons. The van der Waals surface area contributed by atoms with Gasteiger partial charge >= 0.3 is 0 Å². The van der Waals surface area contributed by atoms with Crippen LogP contribution in [-0.2, 0) is 4.79 Å². The van der Waals surface area contributed by atoms with E-state index in [2.05, 4.69) is 10.3 Å². The first-order valence-electron chi connectivity index (χ1n) is 8.03. The number of fused-ring (bicyclic) bond motifs is 1. The van der Waals surface area contributed by atoms with Gasteiger partial charge in [0, 0.05) is 42.4 Å². The number of aliphatic imine (C=N–C) groups is 1. The van der Waals surface area contributed by atoms with Crippen molar-refractivity contribution in [1.82, 2.24) is 4.90 Å². The zero-order valence-electron chi connectivity index (χ0n) is 14.1. The molecule has 1 aliphatic rings. The lowest BCUT2D eigenvalue weighted by Crippen LogP contribution is -2.38. The SMILES string of the molecule is CC(=O)N(C)CC1CN=C(c2ccccc2F)c2cc(Cl)ccc2N1. The number of amides is 1. The van der Waals surface area contributed by atoms with E-state index >= 15 is 0 Å². The second kappa shape index (κ2) is 7.23. The monoisotopic (exact) mass is 359 g/mol. The second-order valence-electron chi connectivity index (χ2n) is 6.10. The molecule has 1 amide bonds. The predicted molar refractivity (Wildman–Crippen MR) is 99.1 cm³/mol. The summed E-state index contributed by atoms with van der Waals surface area (Å²) in [6.45, 7) is 2.46. The van der Waals surface area contributed by atoms with Crippen LogP contribution in [0.1, 0.15) is 18.1 Å². The molecule has 3 rings (SSSR count). The molecule has 4 nitrogen and oxygen atoms in total. The van der Waals surface area contributed by atoms with Gasteiger partial charge in [0.1, 0.15) is 5.82 Å². The normalized spacial score (nSPS) is 16.3. The topological polar surface area (TPSA) is 44.7 Å². The molecular weight excluding hydrogens is 341 g/mol. The van der Waals surface area contributed by atoms with Gasteiger partial charge in [-0.2, -0.15) is 0 Å². The summed E-state index contributed by atoms with van der Waals surface area (Å²) in [5.74, 6) is -0.341. The van der Waals surface area contributed by atoms with Gasteiger partial charge in [0.15, 0.2) is 0 Å². The summed E-state index contributed by atoms with van der Waals surface area (Å²) in [6.07, 6.45) is 0. The van der Waals surface area contributed by atoms with E-state index in [-0.39, 0.29) is 17.8 Å². The van der Waals surface area contributed by atoms with Gasteiger partial charge in [-0.1, -0.05) is 23.7 Å². The third-order valence-electron chi connectivity index (χ3n) is 4.23. The van der Waals surface area contributed by atoms with E-state index in [1.54, 1.807) is 42.3 Å². The molecule has 1 unspecified atom stereocenters. The highest BCUT2D eigenvalue weighted by Crippen LogP contribution is 2.28. The Morgan fingerprint density at radius 1 is 1.32 bits per heavy atom. The van der Waals surface area contributed by atoms with E-state index in [1.165, 1.54) is 13.0 Å². The van der Waals surface area contributed by atoms with Gasteiger partial charge < -0.3 is 10.2 Å². The van der Waals surface area contributed by atoms with Crippen LogP contribution < -0.4 is 5.32 Å². The van der Waals surface area contributed by atoms with Crippen molar-refractivity contribution in [3.63, 3.8) is 0 Å². The highest BCUT2D eigenvalue weighted by Gasteiger charge is 2.23. The molecule has 0 spiro atoms. The molecule has 1 heterocycles. The van der Waals surface area contributed by atoms with Gasteiger partial charge in [-0.25, -0.2) is 4.39 Å². The predicted octanol–water partition coefficient (Wildman–Crippen LogP) is 3.59. The Morgan fingerprint density at radius 2 is 2.08 bits per heavy atom. The number of anilines is 1. The lowest BCUT2D eigenvalue weighted by atomic mass is 10.00. The maximum Gasteiger partial charge on any atom is 0.219 e. The average Bonchev–Trinajstić information content (AvgIpc) is 2.74. The van der Waals surface area contributed by atoms with Crippen molar-refractivity contribution >= 4 is 28.9 Å². The van der Waals surface area contributed by atoms with Crippen molar-refractivity contribution in [3.8, 4) is 0 Å². The third-order valence-corrected chi connectivity index (χ3v) is 4.46. The fourth-order valence-corrected chi connectivity index (χ4v) is 3.01. The van der Waals surface area contributed by atoms with E-state index in [4.69, 9.17) is 11.6 Å². The molecule has 0 bridgehead atoms. The average molecular weight is 360 g/mol. The minimum atomic E-state index is -0.327. The number of carbonyl (C=O) groups excluding carboxylic acids is 1. The number of nitrogens with one attached hydrogen (secondary N) is 1. The van der Waals surface area contributed by atoms with Gasteiger partial charge in [-0.15, -0.1) is 0 Å². The maximum absolute atomic E-state index is 14.3. The summed E-state index contributed by atoms with van der Waals surface area (Å²) in [5, 5.41) is 3.96. The zero-order valence-corrected chi connectivity index (χ0v) is 14.8. The van der Waals surface area contributed by atoms with Crippen LogP contribution in [-0.4, -0.2) is 42.7 Å². The van der Waals surface area contributed by atoms with Crippen molar-refractivity contribution in [3.05, 3.63) is 64.4 Å². The number of nitrogens with zero attached hydrogens (tertiary/aromatic N) is 2. The van der Waals surface area contributed by atoms with Crippen LogP contribution in [0.15, 0.2) is 47.5 Å². The first-order chi connectivity index (χ1) is 12.0. The van der Waals surface area contributed by atoms with Crippen LogP contribution in [0.5, 0.6) is 0 Å². The number of carbonyl (C=O) groups is 1. The Bertz CT molecular complexity index is 837. The van der Waals surface area contributed by atoms with Crippen LogP contribution in [0.25, 0.3) is 0 Å². The van der Waals surface area contributed by atoms with Crippen molar-refractivity contribution in [1.29, 1.82) is 0 Å². The quantitative estimate of drug-likeness (QED) is 0.910. The summed E-state index contributed by atoms with van der Waals surface area (Å²) in [6, 6.07) is 11.9. The molecule has 0 radical (unpaired) electrons. The molecule has 1 atom stereocenters. The summed E-state index contributed by atoms with van der Waals surface area (Å²) < 4.78 is 14.3. The molecule has 0 aliphatic carbocycles. The number of rotatable bonds is 3. The molecule has 2 aromatic carbocycles. The van der Waals surface area contributed by atoms with Gasteiger partial charge in [0.05, 0.1) is 18.3 Å². The van der Waals surface area contributed by atoms with Crippen molar-refractivity contribution in [2.75, 3.05) is 25.5 Å². The van der Waals surface area contributed by atoms with Gasteiger partial charge in [0.25, 0.3) is 0 Å². The summed E-state index contributed by atoms with van der Waals surface area (Å²) in [4.78, 5) is 17.8. The number of likely N-dealkylation sites (N-methyl/N-ethyl adjacent to an activating group) is 1. The maximum atomic E-state index is 14.3. The van der Waals surface area contributed by atoms with E-state index in [0.717, 1.165) is 11.3 Å².